The first kappa shape index (κ1) is 12.5. The molecule has 1 nitrogen and oxygen atoms in total. The van der Waals surface area contributed by atoms with Crippen LogP contribution in [0.15, 0.2) is 40.2 Å². The van der Waals surface area contributed by atoms with Crippen molar-refractivity contribution >= 4 is 44.6 Å². The zero-order valence-electron chi connectivity index (χ0n) is 9.70. The van der Waals surface area contributed by atoms with Gasteiger partial charge in [0.25, 0.3) is 0 Å². The predicted octanol–water partition coefficient (Wildman–Crippen LogP) is 5.73. The van der Waals surface area contributed by atoms with Crippen molar-refractivity contribution < 1.29 is 0 Å². The molecule has 0 aliphatic heterocycles. The number of hydrogen-bond donors (Lipinski definition) is 1. The van der Waals surface area contributed by atoms with Crippen molar-refractivity contribution in [2.45, 2.75) is 18.9 Å². The maximum Gasteiger partial charge on any atom is 0.0635 e. The van der Waals surface area contributed by atoms with E-state index in [0.29, 0.717) is 6.04 Å². The fraction of sp³-hybridized carbons (Fsp3) is 0.286. The van der Waals surface area contributed by atoms with E-state index in [0.717, 1.165) is 21.1 Å². The quantitative estimate of drug-likeness (QED) is 0.748. The number of anilines is 1. The summed E-state index contributed by atoms with van der Waals surface area (Å²) in [6.45, 7) is 0. The van der Waals surface area contributed by atoms with Crippen molar-refractivity contribution in [2.75, 3.05) is 5.32 Å². The average Bonchev–Trinajstić information content (AvgIpc) is 3.03. The van der Waals surface area contributed by atoms with E-state index >= 15 is 0 Å². The summed E-state index contributed by atoms with van der Waals surface area (Å²) in [5.41, 5.74) is 1.12. The minimum Gasteiger partial charge on any atom is -0.376 e. The third kappa shape index (κ3) is 2.73. The van der Waals surface area contributed by atoms with Crippen molar-refractivity contribution in [1.29, 1.82) is 0 Å². The Kier molecular flexibility index (Phi) is 3.64. The van der Waals surface area contributed by atoms with Gasteiger partial charge in [-0.15, -0.1) is 11.3 Å². The van der Waals surface area contributed by atoms with Crippen LogP contribution >= 0.6 is 38.9 Å². The molecule has 1 aliphatic rings. The van der Waals surface area contributed by atoms with Crippen LogP contribution in [-0.4, -0.2) is 0 Å². The van der Waals surface area contributed by atoms with Gasteiger partial charge >= 0.3 is 0 Å². The molecule has 3 rings (SSSR count). The van der Waals surface area contributed by atoms with Crippen LogP contribution in [0.1, 0.15) is 23.8 Å². The molecule has 0 amide bonds. The van der Waals surface area contributed by atoms with Crippen LogP contribution in [0.5, 0.6) is 0 Å². The lowest BCUT2D eigenvalue weighted by Crippen LogP contribution is -2.11. The van der Waals surface area contributed by atoms with Gasteiger partial charge < -0.3 is 5.32 Å². The molecule has 0 spiro atoms. The largest absolute Gasteiger partial charge is 0.376 e. The summed E-state index contributed by atoms with van der Waals surface area (Å²) in [7, 11) is 0. The molecule has 1 fully saturated rings. The SMILES string of the molecule is Clc1ccc(NC(c2cccs2)C2CC2)c(Br)c1. The molecule has 0 bridgehead atoms. The van der Waals surface area contributed by atoms with Gasteiger partial charge in [-0.2, -0.15) is 0 Å². The molecule has 1 aromatic carbocycles. The molecule has 0 saturated heterocycles. The first-order valence-corrected chi connectivity index (χ1v) is 8.04. The molecule has 1 aliphatic carbocycles. The number of halogens is 2. The van der Waals surface area contributed by atoms with E-state index in [1.54, 1.807) is 0 Å². The Bertz CT molecular complexity index is 537. The Morgan fingerprint density at radius 3 is 2.78 bits per heavy atom. The summed E-state index contributed by atoms with van der Waals surface area (Å²) in [4.78, 5) is 1.42. The molecule has 94 valence electrons. The molecular formula is C14H13BrClNS. The topological polar surface area (TPSA) is 12.0 Å². The molecule has 1 atom stereocenters. The van der Waals surface area contributed by atoms with Gasteiger partial charge in [0.2, 0.25) is 0 Å². The minimum absolute atomic E-state index is 0.433. The van der Waals surface area contributed by atoms with E-state index in [4.69, 9.17) is 11.6 Å². The lowest BCUT2D eigenvalue weighted by atomic mass is 10.1. The van der Waals surface area contributed by atoms with Crippen molar-refractivity contribution in [3.63, 3.8) is 0 Å². The fourth-order valence-electron chi connectivity index (χ4n) is 2.09. The first-order valence-electron chi connectivity index (χ1n) is 5.99. The number of thiophene rings is 1. The highest BCUT2D eigenvalue weighted by molar-refractivity contribution is 9.10. The molecule has 1 saturated carbocycles. The molecule has 1 unspecified atom stereocenters. The number of benzene rings is 1. The Morgan fingerprint density at radius 1 is 1.33 bits per heavy atom. The molecule has 1 N–H and O–H groups in total. The summed E-state index contributed by atoms with van der Waals surface area (Å²) >= 11 is 11.4. The zero-order valence-corrected chi connectivity index (χ0v) is 12.9. The van der Waals surface area contributed by atoms with Gasteiger partial charge in [0, 0.05) is 20.1 Å². The Hall–Kier alpha value is -0.510. The van der Waals surface area contributed by atoms with Gasteiger partial charge in [-0.3, -0.25) is 0 Å². The monoisotopic (exact) mass is 341 g/mol. The maximum absolute atomic E-state index is 5.97. The van der Waals surface area contributed by atoms with Gasteiger partial charge in [0.05, 0.1) is 6.04 Å². The summed E-state index contributed by atoms with van der Waals surface area (Å²) in [6.07, 6.45) is 2.64. The molecule has 1 heterocycles. The summed E-state index contributed by atoms with van der Waals surface area (Å²) < 4.78 is 1.03. The molecule has 4 heteroatoms. The fourth-order valence-corrected chi connectivity index (χ4v) is 3.76. The highest BCUT2D eigenvalue weighted by atomic mass is 79.9. The highest BCUT2D eigenvalue weighted by Gasteiger charge is 2.33. The Labute approximate surface area is 124 Å². The van der Waals surface area contributed by atoms with Crippen LogP contribution < -0.4 is 5.32 Å². The van der Waals surface area contributed by atoms with E-state index in [1.807, 2.05) is 29.5 Å². The Morgan fingerprint density at radius 2 is 2.17 bits per heavy atom. The van der Waals surface area contributed by atoms with Gasteiger partial charge in [0.15, 0.2) is 0 Å². The first-order chi connectivity index (χ1) is 8.74. The van der Waals surface area contributed by atoms with Gasteiger partial charge in [0.1, 0.15) is 0 Å². The minimum atomic E-state index is 0.433. The third-order valence-electron chi connectivity index (χ3n) is 3.19. The third-order valence-corrected chi connectivity index (χ3v) is 5.03. The summed E-state index contributed by atoms with van der Waals surface area (Å²) in [6, 6.07) is 10.7. The van der Waals surface area contributed by atoms with E-state index in [-0.39, 0.29) is 0 Å². The summed E-state index contributed by atoms with van der Waals surface area (Å²) in [5, 5.41) is 6.54. The van der Waals surface area contributed by atoms with Gasteiger partial charge in [-0.25, -0.2) is 0 Å². The van der Waals surface area contributed by atoms with Crippen LogP contribution in [0.3, 0.4) is 0 Å². The molecule has 0 radical (unpaired) electrons. The van der Waals surface area contributed by atoms with E-state index in [2.05, 4.69) is 38.8 Å². The number of rotatable bonds is 4. The van der Waals surface area contributed by atoms with Crippen molar-refractivity contribution in [3.05, 3.63) is 50.1 Å². The standard InChI is InChI=1S/C14H13BrClNS/c15-11-8-10(16)5-6-12(11)17-14(9-3-4-9)13-2-1-7-18-13/h1-2,5-9,14,17H,3-4H2. The number of nitrogens with one attached hydrogen (secondary N) is 1. The van der Waals surface area contributed by atoms with E-state index < -0.39 is 0 Å². The van der Waals surface area contributed by atoms with Crippen LogP contribution in [-0.2, 0) is 0 Å². The van der Waals surface area contributed by atoms with Crippen LogP contribution in [0.25, 0.3) is 0 Å². The second kappa shape index (κ2) is 5.24. The maximum atomic E-state index is 5.97. The van der Waals surface area contributed by atoms with Crippen LogP contribution in [0, 0.1) is 5.92 Å². The summed E-state index contributed by atoms with van der Waals surface area (Å²) in [5.74, 6) is 0.770. The molecule has 18 heavy (non-hydrogen) atoms. The molecular weight excluding hydrogens is 330 g/mol. The van der Waals surface area contributed by atoms with Crippen LogP contribution in [0.4, 0.5) is 5.69 Å². The van der Waals surface area contributed by atoms with Crippen molar-refractivity contribution in [1.82, 2.24) is 0 Å². The molecule has 1 aromatic heterocycles. The lowest BCUT2D eigenvalue weighted by molar-refractivity contribution is 0.690. The highest BCUT2D eigenvalue weighted by Crippen LogP contribution is 2.45. The number of hydrogen-bond acceptors (Lipinski definition) is 2. The van der Waals surface area contributed by atoms with Crippen molar-refractivity contribution in [3.8, 4) is 0 Å². The molecule has 2 aromatic rings. The second-order valence-electron chi connectivity index (χ2n) is 4.60. The van der Waals surface area contributed by atoms with E-state index in [9.17, 15) is 0 Å². The second-order valence-corrected chi connectivity index (χ2v) is 6.87. The zero-order chi connectivity index (χ0) is 12.5. The smallest absolute Gasteiger partial charge is 0.0635 e. The van der Waals surface area contributed by atoms with Crippen molar-refractivity contribution in [2.24, 2.45) is 5.92 Å². The normalized spacial score (nSPS) is 16.6. The lowest BCUT2D eigenvalue weighted by Gasteiger charge is -2.19. The van der Waals surface area contributed by atoms with E-state index in [1.165, 1.54) is 17.7 Å². The van der Waals surface area contributed by atoms with Crippen LogP contribution in [0.2, 0.25) is 5.02 Å². The Balaban J connectivity index is 1.84. The average molecular weight is 343 g/mol. The predicted molar refractivity (Wildman–Crippen MR) is 82.6 cm³/mol. The van der Waals surface area contributed by atoms with Gasteiger partial charge in [-0.05, 0) is 64.3 Å². The van der Waals surface area contributed by atoms with Gasteiger partial charge in [-0.1, -0.05) is 17.7 Å².